The largest absolute Gasteiger partial charge is 0.444 e. The molecule has 0 aliphatic heterocycles. The number of hydrogen-bond donors (Lipinski definition) is 1. The summed E-state index contributed by atoms with van der Waals surface area (Å²) in [6.07, 6.45) is 1.61. The lowest BCUT2D eigenvalue weighted by molar-refractivity contribution is 0.573. The van der Waals surface area contributed by atoms with E-state index in [4.69, 9.17) is 21.2 Å². The number of thioether (sulfide) groups is 1. The molecule has 0 unspecified atom stereocenters. The second-order valence-corrected chi connectivity index (χ2v) is 9.22. The Bertz CT molecular complexity index is 1300. The van der Waals surface area contributed by atoms with Gasteiger partial charge in [-0.1, -0.05) is 29.4 Å². The van der Waals surface area contributed by atoms with Crippen LogP contribution < -0.4 is 5.14 Å². The third kappa shape index (κ3) is 4.18. The number of fused-ring (bicyclic) bond motifs is 1. The Balaban J connectivity index is 1.58. The summed E-state index contributed by atoms with van der Waals surface area (Å²) in [5.41, 5.74) is 3.01. The standard InChI is InChI=1S/C19H17ClN4O3S2/c1-2-24-17-7-6-15(29(21,25)26)9-16(17)23-19(24)28-11-14-10-27-18(22-14)12-4-3-5-13(20)8-12/h3-10H,2,11H2,1H3,(H2,21,25,26). The number of halogens is 1. The zero-order valence-corrected chi connectivity index (χ0v) is 17.8. The minimum absolute atomic E-state index is 0.0463. The molecule has 29 heavy (non-hydrogen) atoms. The molecule has 2 aromatic heterocycles. The number of benzene rings is 2. The van der Waals surface area contributed by atoms with E-state index < -0.39 is 10.0 Å². The Hall–Kier alpha value is -2.33. The number of nitrogens with two attached hydrogens (primary N) is 1. The fourth-order valence-corrected chi connectivity index (χ4v) is 4.63. The lowest BCUT2D eigenvalue weighted by atomic mass is 10.2. The van der Waals surface area contributed by atoms with Crippen LogP contribution in [0, 0.1) is 0 Å². The fourth-order valence-electron chi connectivity index (χ4n) is 2.95. The van der Waals surface area contributed by atoms with E-state index in [0.29, 0.717) is 28.7 Å². The van der Waals surface area contributed by atoms with E-state index in [-0.39, 0.29) is 4.90 Å². The molecule has 2 N–H and O–H groups in total. The van der Waals surface area contributed by atoms with Crippen molar-refractivity contribution in [1.82, 2.24) is 14.5 Å². The van der Waals surface area contributed by atoms with E-state index in [0.717, 1.165) is 21.9 Å². The Morgan fingerprint density at radius 3 is 2.76 bits per heavy atom. The van der Waals surface area contributed by atoms with Crippen molar-refractivity contribution in [3.05, 3.63) is 59.4 Å². The van der Waals surface area contributed by atoms with Crippen LogP contribution in [0.15, 0.2) is 63.2 Å². The number of imidazole rings is 1. The maximum atomic E-state index is 11.6. The van der Waals surface area contributed by atoms with Crippen molar-refractivity contribution < 1.29 is 12.8 Å². The highest BCUT2D eigenvalue weighted by atomic mass is 35.5. The highest BCUT2D eigenvalue weighted by Gasteiger charge is 2.15. The first kappa shape index (κ1) is 20.0. The van der Waals surface area contributed by atoms with Crippen LogP contribution >= 0.6 is 23.4 Å². The number of aryl methyl sites for hydroxylation is 1. The third-order valence-electron chi connectivity index (χ3n) is 4.30. The zero-order valence-electron chi connectivity index (χ0n) is 15.4. The molecule has 0 amide bonds. The summed E-state index contributed by atoms with van der Waals surface area (Å²) in [5.74, 6) is 1.06. The van der Waals surface area contributed by atoms with Gasteiger partial charge in [0.15, 0.2) is 5.16 Å². The fraction of sp³-hybridized carbons (Fsp3) is 0.158. The maximum Gasteiger partial charge on any atom is 0.238 e. The topological polar surface area (TPSA) is 104 Å². The van der Waals surface area contributed by atoms with E-state index in [2.05, 4.69) is 9.97 Å². The molecule has 7 nitrogen and oxygen atoms in total. The molecule has 0 radical (unpaired) electrons. The first-order valence-corrected chi connectivity index (χ1v) is 11.6. The lowest BCUT2D eigenvalue weighted by Crippen LogP contribution is -2.11. The Kier molecular flexibility index (Phi) is 5.39. The predicted octanol–water partition coefficient (Wildman–Crippen LogP) is 4.30. The third-order valence-corrected chi connectivity index (χ3v) is 6.46. The van der Waals surface area contributed by atoms with Crippen molar-refractivity contribution in [3.63, 3.8) is 0 Å². The second kappa shape index (κ2) is 7.83. The van der Waals surface area contributed by atoms with Crippen molar-refractivity contribution in [1.29, 1.82) is 0 Å². The number of oxazole rings is 1. The minimum atomic E-state index is -3.77. The summed E-state index contributed by atoms with van der Waals surface area (Å²) in [7, 11) is -3.77. The van der Waals surface area contributed by atoms with E-state index in [1.54, 1.807) is 24.5 Å². The van der Waals surface area contributed by atoms with Gasteiger partial charge < -0.3 is 8.98 Å². The molecule has 0 atom stereocenters. The van der Waals surface area contributed by atoms with E-state index in [1.807, 2.05) is 23.6 Å². The Morgan fingerprint density at radius 2 is 2.03 bits per heavy atom. The number of nitrogens with zero attached hydrogens (tertiary/aromatic N) is 3. The molecule has 4 rings (SSSR count). The maximum absolute atomic E-state index is 11.6. The second-order valence-electron chi connectivity index (χ2n) is 6.28. The molecule has 0 saturated carbocycles. The van der Waals surface area contributed by atoms with Gasteiger partial charge in [-0.05, 0) is 43.3 Å². The van der Waals surface area contributed by atoms with E-state index in [1.165, 1.54) is 23.9 Å². The number of hydrogen-bond acceptors (Lipinski definition) is 6. The van der Waals surface area contributed by atoms with E-state index in [9.17, 15) is 8.42 Å². The van der Waals surface area contributed by atoms with Gasteiger partial charge in [0.05, 0.1) is 21.6 Å². The molecule has 0 aliphatic rings. The van der Waals surface area contributed by atoms with Crippen LogP contribution in [-0.2, 0) is 22.3 Å². The number of rotatable bonds is 6. The summed E-state index contributed by atoms with van der Waals surface area (Å²) in [4.78, 5) is 9.14. The van der Waals surface area contributed by atoms with Crippen molar-refractivity contribution in [2.45, 2.75) is 29.3 Å². The first-order valence-electron chi connectivity index (χ1n) is 8.71. The quantitative estimate of drug-likeness (QED) is 0.441. The SMILES string of the molecule is CCn1c(SCc2coc(-c3cccc(Cl)c3)n2)nc2cc(S(N)(=O)=O)ccc21. The van der Waals surface area contributed by atoms with Crippen LogP contribution in [0.3, 0.4) is 0 Å². The molecule has 0 bridgehead atoms. The van der Waals surface area contributed by atoms with Crippen molar-refractivity contribution in [3.8, 4) is 11.5 Å². The van der Waals surface area contributed by atoms with Gasteiger partial charge in [0.2, 0.25) is 15.9 Å². The normalized spacial score (nSPS) is 12.0. The van der Waals surface area contributed by atoms with Crippen LogP contribution in [0.5, 0.6) is 0 Å². The smallest absolute Gasteiger partial charge is 0.238 e. The predicted molar refractivity (Wildman–Crippen MR) is 113 cm³/mol. The van der Waals surface area contributed by atoms with Gasteiger partial charge in [-0.15, -0.1) is 0 Å². The van der Waals surface area contributed by atoms with Crippen LogP contribution in [0.4, 0.5) is 0 Å². The van der Waals surface area contributed by atoms with Crippen LogP contribution in [-0.4, -0.2) is 23.0 Å². The minimum Gasteiger partial charge on any atom is -0.444 e. The molecule has 2 heterocycles. The monoisotopic (exact) mass is 448 g/mol. The summed E-state index contributed by atoms with van der Waals surface area (Å²) < 4.78 is 30.8. The molecular formula is C19H17ClN4O3S2. The van der Waals surface area contributed by atoms with Gasteiger partial charge in [0, 0.05) is 22.9 Å². The number of sulfonamides is 1. The molecule has 2 aromatic carbocycles. The highest BCUT2D eigenvalue weighted by Crippen LogP contribution is 2.29. The summed E-state index contributed by atoms with van der Waals surface area (Å²) in [6.45, 7) is 2.70. The molecular weight excluding hydrogens is 432 g/mol. The van der Waals surface area contributed by atoms with Gasteiger partial charge in [0.25, 0.3) is 0 Å². The van der Waals surface area contributed by atoms with Gasteiger partial charge in [-0.2, -0.15) is 0 Å². The number of aromatic nitrogens is 3. The summed E-state index contributed by atoms with van der Waals surface area (Å²) in [5, 5.41) is 6.61. The molecule has 0 aliphatic carbocycles. The Labute approximate surface area is 177 Å². The molecule has 0 fully saturated rings. The molecule has 0 spiro atoms. The van der Waals surface area contributed by atoms with Crippen LogP contribution in [0.25, 0.3) is 22.5 Å². The van der Waals surface area contributed by atoms with Crippen molar-refractivity contribution in [2.75, 3.05) is 0 Å². The Morgan fingerprint density at radius 1 is 1.21 bits per heavy atom. The average Bonchev–Trinajstić information content (AvgIpc) is 3.29. The van der Waals surface area contributed by atoms with Crippen molar-refractivity contribution >= 4 is 44.4 Å². The highest BCUT2D eigenvalue weighted by molar-refractivity contribution is 7.98. The lowest BCUT2D eigenvalue weighted by Gasteiger charge is -2.04. The molecule has 4 aromatic rings. The first-order chi connectivity index (χ1) is 13.8. The van der Waals surface area contributed by atoms with Gasteiger partial charge >= 0.3 is 0 Å². The van der Waals surface area contributed by atoms with Gasteiger partial charge in [-0.3, -0.25) is 0 Å². The van der Waals surface area contributed by atoms with Crippen molar-refractivity contribution in [2.24, 2.45) is 5.14 Å². The van der Waals surface area contributed by atoms with Crippen LogP contribution in [0.1, 0.15) is 12.6 Å². The molecule has 150 valence electrons. The van der Waals surface area contributed by atoms with Crippen LogP contribution in [0.2, 0.25) is 5.02 Å². The average molecular weight is 449 g/mol. The molecule has 10 heteroatoms. The zero-order chi connectivity index (χ0) is 20.6. The number of primary sulfonamides is 1. The summed E-state index contributed by atoms with van der Waals surface area (Å²) >= 11 is 7.52. The van der Waals surface area contributed by atoms with Gasteiger partial charge in [-0.25, -0.2) is 23.5 Å². The molecule has 0 saturated heterocycles. The van der Waals surface area contributed by atoms with E-state index >= 15 is 0 Å². The summed E-state index contributed by atoms with van der Waals surface area (Å²) in [6, 6.07) is 12.0. The van der Waals surface area contributed by atoms with Gasteiger partial charge in [0.1, 0.15) is 6.26 Å².